The van der Waals surface area contributed by atoms with Gasteiger partial charge < -0.3 is 23.4 Å². The van der Waals surface area contributed by atoms with Crippen LogP contribution in [0.4, 0.5) is 4.39 Å². The Morgan fingerprint density at radius 3 is 2.85 bits per heavy atom. The van der Waals surface area contributed by atoms with Crippen molar-refractivity contribution in [2.75, 3.05) is 13.2 Å². The molecule has 1 amide bonds. The number of imidazole rings is 1. The van der Waals surface area contributed by atoms with Crippen LogP contribution in [-0.4, -0.2) is 44.6 Å². The van der Waals surface area contributed by atoms with Crippen LogP contribution in [0.15, 0.2) is 71.3 Å². The average molecular weight is 573 g/mol. The van der Waals surface area contributed by atoms with Crippen LogP contribution in [0.25, 0.3) is 27.6 Å². The van der Waals surface area contributed by atoms with Gasteiger partial charge in [-0.2, -0.15) is 4.39 Å². The second kappa shape index (κ2) is 10.6. The van der Waals surface area contributed by atoms with Crippen molar-refractivity contribution < 1.29 is 23.1 Å². The summed E-state index contributed by atoms with van der Waals surface area (Å²) in [6, 6.07) is 15.7. The molecule has 2 aromatic carbocycles. The molecule has 0 saturated carbocycles. The Balaban J connectivity index is 1.10. The standard InChI is InChI=1S/C31H26ClFN4O4/c32-24-8-7-20(30-23(24)15-27(33)41-30)18-40-31-22(4-3-11-34-31)19-9-12-36(29(38)14-19)17-28-35-25-5-1-2-6-26(25)37(28)16-21-10-13-39-21/h1-8,11,14-15,21H,9-10,12-13,16-18H2/t21-/m0/s1. The molecule has 0 spiro atoms. The van der Waals surface area contributed by atoms with E-state index >= 15 is 0 Å². The number of fused-ring (bicyclic) bond motifs is 2. The summed E-state index contributed by atoms with van der Waals surface area (Å²) in [6.45, 7) is 2.55. The molecule has 41 heavy (non-hydrogen) atoms. The third-order valence-corrected chi connectivity index (χ3v) is 8.00. The van der Waals surface area contributed by atoms with Crippen molar-refractivity contribution >= 4 is 45.1 Å². The minimum absolute atomic E-state index is 0.0926. The van der Waals surface area contributed by atoms with Crippen LogP contribution in [0.3, 0.4) is 0 Å². The summed E-state index contributed by atoms with van der Waals surface area (Å²) < 4.78 is 32.9. The fraction of sp³-hybridized carbons (Fsp3) is 0.258. The third-order valence-electron chi connectivity index (χ3n) is 7.67. The lowest BCUT2D eigenvalue weighted by atomic mass is 10.00. The topological polar surface area (TPSA) is 82.6 Å². The van der Waals surface area contributed by atoms with Gasteiger partial charge in [-0.15, -0.1) is 0 Å². The fourth-order valence-electron chi connectivity index (χ4n) is 5.43. The van der Waals surface area contributed by atoms with Crippen molar-refractivity contribution in [1.82, 2.24) is 19.4 Å². The van der Waals surface area contributed by atoms with E-state index in [2.05, 4.69) is 15.6 Å². The quantitative estimate of drug-likeness (QED) is 0.222. The highest BCUT2D eigenvalue weighted by Crippen LogP contribution is 2.33. The Labute approximate surface area is 239 Å². The number of hydrogen-bond acceptors (Lipinski definition) is 6. The Morgan fingerprint density at radius 2 is 2.02 bits per heavy atom. The van der Waals surface area contributed by atoms with Gasteiger partial charge in [-0.05, 0) is 48.7 Å². The van der Waals surface area contributed by atoms with Gasteiger partial charge in [-0.3, -0.25) is 4.79 Å². The average Bonchev–Trinajstić information content (AvgIpc) is 3.52. The molecule has 10 heteroatoms. The van der Waals surface area contributed by atoms with Crippen LogP contribution in [0.2, 0.25) is 5.02 Å². The third kappa shape index (κ3) is 4.96. The zero-order valence-corrected chi connectivity index (χ0v) is 22.8. The van der Waals surface area contributed by atoms with Gasteiger partial charge in [-0.1, -0.05) is 29.8 Å². The molecule has 5 aromatic rings. The number of pyridine rings is 1. The van der Waals surface area contributed by atoms with Gasteiger partial charge in [0.2, 0.25) is 11.8 Å². The molecule has 8 nitrogen and oxygen atoms in total. The molecule has 0 unspecified atom stereocenters. The summed E-state index contributed by atoms with van der Waals surface area (Å²) in [6.07, 6.45) is 5.12. The van der Waals surface area contributed by atoms with Gasteiger partial charge in [0, 0.05) is 48.0 Å². The molecule has 7 rings (SSSR count). The van der Waals surface area contributed by atoms with Gasteiger partial charge in [0.05, 0.1) is 35.2 Å². The van der Waals surface area contributed by atoms with Crippen molar-refractivity contribution in [3.05, 3.63) is 94.9 Å². The SMILES string of the molecule is O=C1C=C(c2cccnc2OCc2ccc(Cl)c3cc(F)oc23)CCN1Cc1nc2ccccc2n1C[C@@H]1CCO1. The number of halogens is 2. The van der Waals surface area contributed by atoms with E-state index in [1.165, 1.54) is 6.07 Å². The molecule has 5 heterocycles. The summed E-state index contributed by atoms with van der Waals surface area (Å²) in [5.41, 5.74) is 4.52. The number of benzene rings is 2. The zero-order valence-electron chi connectivity index (χ0n) is 22.1. The van der Waals surface area contributed by atoms with Crippen molar-refractivity contribution in [3.63, 3.8) is 0 Å². The first kappa shape index (κ1) is 25.7. The Hall–Kier alpha value is -4.21. The summed E-state index contributed by atoms with van der Waals surface area (Å²) >= 11 is 6.19. The van der Waals surface area contributed by atoms with Crippen LogP contribution in [0, 0.1) is 6.01 Å². The Morgan fingerprint density at radius 1 is 1.15 bits per heavy atom. The monoisotopic (exact) mass is 572 g/mol. The lowest BCUT2D eigenvalue weighted by molar-refractivity contribution is -0.127. The number of carbonyl (C=O) groups excluding carboxylic acids is 1. The second-order valence-corrected chi connectivity index (χ2v) is 10.6. The summed E-state index contributed by atoms with van der Waals surface area (Å²) in [5, 5.41) is 0.887. The number of aromatic nitrogens is 3. The number of ether oxygens (including phenoxy) is 2. The van der Waals surface area contributed by atoms with E-state index in [1.54, 1.807) is 24.4 Å². The minimum Gasteiger partial charge on any atom is -0.472 e. The Bertz CT molecular complexity index is 1810. The number of rotatable bonds is 8. The van der Waals surface area contributed by atoms with E-state index < -0.39 is 6.01 Å². The molecular formula is C31H26ClFN4O4. The first-order valence-electron chi connectivity index (χ1n) is 13.5. The summed E-state index contributed by atoms with van der Waals surface area (Å²) in [5.74, 6) is 1.14. The normalized spacial score (nSPS) is 17.2. The number of nitrogens with zero attached hydrogens (tertiary/aromatic N) is 4. The lowest BCUT2D eigenvalue weighted by Gasteiger charge is -2.29. The maximum absolute atomic E-state index is 13.8. The Kier molecular flexibility index (Phi) is 6.68. The molecular weight excluding hydrogens is 547 g/mol. The van der Waals surface area contributed by atoms with E-state index in [1.807, 2.05) is 35.2 Å². The first-order valence-corrected chi connectivity index (χ1v) is 13.9. The van der Waals surface area contributed by atoms with E-state index in [0.29, 0.717) is 46.9 Å². The van der Waals surface area contributed by atoms with Gasteiger partial charge in [0.15, 0.2) is 0 Å². The molecule has 0 bridgehead atoms. The smallest absolute Gasteiger partial charge is 0.278 e. The number of carbonyl (C=O) groups is 1. The van der Waals surface area contributed by atoms with E-state index in [9.17, 15) is 9.18 Å². The molecule has 0 radical (unpaired) electrons. The highest BCUT2D eigenvalue weighted by molar-refractivity contribution is 6.35. The van der Waals surface area contributed by atoms with Crippen LogP contribution in [-0.2, 0) is 29.2 Å². The lowest BCUT2D eigenvalue weighted by Crippen LogP contribution is -2.36. The fourth-order valence-corrected chi connectivity index (χ4v) is 5.63. The minimum atomic E-state index is -0.713. The molecule has 1 fully saturated rings. The molecule has 0 N–H and O–H groups in total. The van der Waals surface area contributed by atoms with Crippen LogP contribution in [0.5, 0.6) is 5.88 Å². The van der Waals surface area contributed by atoms with Crippen molar-refractivity contribution in [2.45, 2.75) is 38.6 Å². The molecule has 3 aromatic heterocycles. The largest absolute Gasteiger partial charge is 0.472 e. The highest BCUT2D eigenvalue weighted by atomic mass is 35.5. The molecule has 0 aliphatic carbocycles. The van der Waals surface area contributed by atoms with E-state index in [0.717, 1.165) is 47.6 Å². The van der Waals surface area contributed by atoms with Crippen molar-refractivity contribution in [1.29, 1.82) is 0 Å². The predicted octanol–water partition coefficient (Wildman–Crippen LogP) is 6.15. The van der Waals surface area contributed by atoms with E-state index in [-0.39, 0.29) is 18.6 Å². The van der Waals surface area contributed by atoms with Crippen LogP contribution < -0.4 is 4.74 Å². The van der Waals surface area contributed by atoms with Gasteiger partial charge in [0.1, 0.15) is 18.0 Å². The zero-order chi connectivity index (χ0) is 27.9. The summed E-state index contributed by atoms with van der Waals surface area (Å²) in [4.78, 5) is 24.4. The predicted molar refractivity (Wildman–Crippen MR) is 152 cm³/mol. The van der Waals surface area contributed by atoms with Crippen LogP contribution >= 0.6 is 11.6 Å². The number of amides is 1. The van der Waals surface area contributed by atoms with Gasteiger partial charge >= 0.3 is 0 Å². The number of hydrogen-bond donors (Lipinski definition) is 0. The number of furan rings is 1. The maximum Gasteiger partial charge on any atom is 0.278 e. The van der Waals surface area contributed by atoms with Crippen LogP contribution in [0.1, 0.15) is 29.8 Å². The molecule has 2 aliphatic rings. The van der Waals surface area contributed by atoms with Crippen molar-refractivity contribution in [3.8, 4) is 5.88 Å². The van der Waals surface area contributed by atoms with Crippen molar-refractivity contribution in [2.24, 2.45) is 0 Å². The highest BCUT2D eigenvalue weighted by Gasteiger charge is 2.26. The second-order valence-electron chi connectivity index (χ2n) is 10.2. The van der Waals surface area contributed by atoms with E-state index in [4.69, 9.17) is 30.5 Å². The molecule has 1 atom stereocenters. The molecule has 208 valence electrons. The van der Waals surface area contributed by atoms with Gasteiger partial charge in [0.25, 0.3) is 6.01 Å². The van der Waals surface area contributed by atoms with Gasteiger partial charge in [-0.25, -0.2) is 9.97 Å². The molecule has 1 saturated heterocycles. The maximum atomic E-state index is 13.8. The number of para-hydroxylation sites is 2. The first-order chi connectivity index (χ1) is 20.0. The molecule has 2 aliphatic heterocycles. The summed E-state index contributed by atoms with van der Waals surface area (Å²) in [7, 11) is 0.